The molecule has 1 aromatic carbocycles. The van der Waals surface area contributed by atoms with Crippen LogP contribution >= 0.6 is 0 Å². The normalized spacial score (nSPS) is 12.0. The van der Waals surface area contributed by atoms with Crippen molar-refractivity contribution in [2.45, 2.75) is 46.1 Å². The van der Waals surface area contributed by atoms with Crippen molar-refractivity contribution in [3.8, 4) is 0 Å². The summed E-state index contributed by atoms with van der Waals surface area (Å²) >= 11 is 0. The average molecular weight is 298 g/mol. The van der Waals surface area contributed by atoms with Gasteiger partial charge in [-0.25, -0.2) is 14.8 Å². The van der Waals surface area contributed by atoms with Crippen LogP contribution in [0.2, 0.25) is 0 Å². The van der Waals surface area contributed by atoms with Crippen LogP contribution in [0.4, 0.5) is 0 Å². The van der Waals surface area contributed by atoms with Crippen LogP contribution in [-0.4, -0.2) is 15.9 Å². The van der Waals surface area contributed by atoms with Crippen molar-refractivity contribution in [2.24, 2.45) is 0 Å². The lowest BCUT2D eigenvalue weighted by Gasteiger charge is -2.16. The molecule has 1 heterocycles. The Hall–Kier alpha value is -2.23. The first-order valence-electron chi connectivity index (χ1n) is 7.72. The van der Waals surface area contributed by atoms with E-state index in [4.69, 9.17) is 4.74 Å². The number of nitrogens with zero attached hydrogens (tertiary/aromatic N) is 2. The van der Waals surface area contributed by atoms with Gasteiger partial charge in [0.05, 0.1) is 5.56 Å². The molecule has 0 fully saturated rings. The number of aryl methyl sites for hydroxylation is 2. The summed E-state index contributed by atoms with van der Waals surface area (Å²) in [4.78, 5) is 20.6. The van der Waals surface area contributed by atoms with Crippen molar-refractivity contribution < 1.29 is 9.53 Å². The van der Waals surface area contributed by atoms with E-state index in [9.17, 15) is 4.79 Å². The third-order valence-corrected chi connectivity index (χ3v) is 3.48. The summed E-state index contributed by atoms with van der Waals surface area (Å²) in [5.74, 6) is 0.375. The molecule has 22 heavy (non-hydrogen) atoms. The lowest BCUT2D eigenvalue weighted by molar-refractivity contribution is 0.0287. The van der Waals surface area contributed by atoms with Gasteiger partial charge >= 0.3 is 5.97 Å². The lowest BCUT2D eigenvalue weighted by atomic mass is 10.1. The largest absolute Gasteiger partial charge is 0.454 e. The van der Waals surface area contributed by atoms with Gasteiger partial charge < -0.3 is 4.74 Å². The highest BCUT2D eigenvalue weighted by Crippen LogP contribution is 2.22. The maximum Gasteiger partial charge on any atom is 0.341 e. The number of ether oxygens (including phenoxy) is 1. The average Bonchev–Trinajstić information content (AvgIpc) is 2.54. The molecule has 0 bridgehead atoms. The second kappa shape index (κ2) is 7.69. The number of hydrogen-bond donors (Lipinski definition) is 0. The van der Waals surface area contributed by atoms with Crippen LogP contribution in [0, 0.1) is 6.92 Å². The number of rotatable bonds is 6. The fraction of sp³-hybridized carbons (Fsp3) is 0.389. The highest BCUT2D eigenvalue weighted by Gasteiger charge is 2.17. The number of hydrogen-bond acceptors (Lipinski definition) is 4. The van der Waals surface area contributed by atoms with Crippen LogP contribution in [0.5, 0.6) is 0 Å². The Morgan fingerprint density at radius 3 is 2.32 bits per heavy atom. The molecule has 4 heteroatoms. The molecule has 2 rings (SSSR count). The Labute approximate surface area is 131 Å². The smallest absolute Gasteiger partial charge is 0.341 e. The van der Waals surface area contributed by atoms with E-state index in [1.54, 1.807) is 12.4 Å². The van der Waals surface area contributed by atoms with E-state index in [-0.39, 0.29) is 12.1 Å². The molecule has 0 radical (unpaired) electrons. The summed E-state index contributed by atoms with van der Waals surface area (Å²) in [6.45, 7) is 6.10. The van der Waals surface area contributed by atoms with Gasteiger partial charge in [-0.2, -0.15) is 0 Å². The third-order valence-electron chi connectivity index (χ3n) is 3.48. The maximum atomic E-state index is 12.2. The van der Waals surface area contributed by atoms with Gasteiger partial charge in [-0.3, -0.25) is 0 Å². The Kier molecular flexibility index (Phi) is 5.64. The topological polar surface area (TPSA) is 52.1 Å². The Balaban J connectivity index is 2.06. The van der Waals surface area contributed by atoms with Gasteiger partial charge in [0.25, 0.3) is 0 Å². The van der Waals surface area contributed by atoms with Gasteiger partial charge in [0.2, 0.25) is 0 Å². The summed E-state index contributed by atoms with van der Waals surface area (Å²) < 4.78 is 5.59. The molecule has 0 saturated carbocycles. The zero-order chi connectivity index (χ0) is 15.9. The van der Waals surface area contributed by atoms with Crippen LogP contribution in [0.25, 0.3) is 0 Å². The monoisotopic (exact) mass is 298 g/mol. The molecule has 0 spiro atoms. The van der Waals surface area contributed by atoms with Crippen molar-refractivity contribution in [3.63, 3.8) is 0 Å². The van der Waals surface area contributed by atoms with Crippen molar-refractivity contribution >= 4 is 5.97 Å². The fourth-order valence-corrected chi connectivity index (χ4v) is 2.18. The van der Waals surface area contributed by atoms with Crippen molar-refractivity contribution in [1.82, 2.24) is 9.97 Å². The molecule has 0 N–H and O–H groups in total. The van der Waals surface area contributed by atoms with E-state index in [0.29, 0.717) is 5.56 Å². The van der Waals surface area contributed by atoms with Crippen LogP contribution in [-0.2, 0) is 11.2 Å². The van der Waals surface area contributed by atoms with Crippen molar-refractivity contribution in [3.05, 3.63) is 59.2 Å². The Morgan fingerprint density at radius 2 is 1.77 bits per heavy atom. The standard InChI is InChI=1S/C18H22N2O2/c1-4-6-17-19-11-15(12-20-17)18(21)22-16(5-2)14-9-7-13(3)8-10-14/h7-12,16H,4-6H2,1-3H3. The molecule has 1 atom stereocenters. The second-order valence-corrected chi connectivity index (χ2v) is 5.35. The SMILES string of the molecule is CCCc1ncc(C(=O)OC(CC)c2ccc(C)cc2)cn1. The molecule has 0 aliphatic rings. The molecule has 4 nitrogen and oxygen atoms in total. The first kappa shape index (κ1) is 16.1. The van der Waals surface area contributed by atoms with E-state index in [2.05, 4.69) is 16.9 Å². The Morgan fingerprint density at radius 1 is 1.14 bits per heavy atom. The minimum Gasteiger partial charge on any atom is -0.454 e. The third kappa shape index (κ3) is 4.13. The first-order valence-corrected chi connectivity index (χ1v) is 7.72. The number of benzene rings is 1. The van der Waals surface area contributed by atoms with E-state index in [0.717, 1.165) is 30.7 Å². The highest BCUT2D eigenvalue weighted by molar-refractivity contribution is 5.88. The fourth-order valence-electron chi connectivity index (χ4n) is 2.18. The minimum atomic E-state index is -0.379. The Bertz CT molecular complexity index is 606. The number of carbonyl (C=O) groups excluding carboxylic acids is 1. The van der Waals surface area contributed by atoms with Crippen LogP contribution in [0.15, 0.2) is 36.7 Å². The second-order valence-electron chi connectivity index (χ2n) is 5.35. The van der Waals surface area contributed by atoms with Gasteiger partial charge in [0.15, 0.2) is 0 Å². The quantitative estimate of drug-likeness (QED) is 0.755. The molecule has 1 unspecified atom stereocenters. The number of carbonyl (C=O) groups is 1. The van der Waals surface area contributed by atoms with Gasteiger partial charge in [-0.15, -0.1) is 0 Å². The molecular formula is C18H22N2O2. The van der Waals surface area contributed by atoms with Gasteiger partial charge in [-0.1, -0.05) is 43.7 Å². The van der Waals surface area contributed by atoms with Gasteiger partial charge in [0, 0.05) is 18.8 Å². The predicted octanol–water partition coefficient (Wildman–Crippen LogP) is 4.05. The molecule has 0 saturated heterocycles. The summed E-state index contributed by atoms with van der Waals surface area (Å²) in [5.41, 5.74) is 2.58. The van der Waals surface area contributed by atoms with E-state index < -0.39 is 0 Å². The predicted molar refractivity (Wildman–Crippen MR) is 85.7 cm³/mol. The molecule has 2 aromatic rings. The van der Waals surface area contributed by atoms with Crippen molar-refractivity contribution in [1.29, 1.82) is 0 Å². The zero-order valence-electron chi connectivity index (χ0n) is 13.4. The van der Waals surface area contributed by atoms with Gasteiger partial charge in [0.1, 0.15) is 11.9 Å². The van der Waals surface area contributed by atoms with Crippen LogP contribution in [0.1, 0.15) is 60.1 Å². The zero-order valence-corrected chi connectivity index (χ0v) is 13.4. The summed E-state index contributed by atoms with van der Waals surface area (Å²) in [7, 11) is 0. The molecule has 0 amide bonds. The number of esters is 1. The van der Waals surface area contributed by atoms with Crippen molar-refractivity contribution in [2.75, 3.05) is 0 Å². The van der Waals surface area contributed by atoms with E-state index in [1.807, 2.05) is 38.1 Å². The maximum absolute atomic E-state index is 12.2. The summed E-state index contributed by atoms with van der Waals surface area (Å²) in [6.07, 6.45) is 5.36. The lowest BCUT2D eigenvalue weighted by Crippen LogP contribution is -2.12. The minimum absolute atomic E-state index is 0.247. The highest BCUT2D eigenvalue weighted by atomic mass is 16.5. The molecular weight excluding hydrogens is 276 g/mol. The molecule has 116 valence electrons. The molecule has 1 aromatic heterocycles. The van der Waals surface area contributed by atoms with Gasteiger partial charge in [-0.05, 0) is 25.3 Å². The van der Waals surface area contributed by atoms with Crippen LogP contribution in [0.3, 0.4) is 0 Å². The van der Waals surface area contributed by atoms with E-state index in [1.165, 1.54) is 5.56 Å². The summed E-state index contributed by atoms with van der Waals surface area (Å²) in [5, 5.41) is 0. The number of aromatic nitrogens is 2. The summed E-state index contributed by atoms with van der Waals surface area (Å²) in [6, 6.07) is 8.04. The molecule has 0 aliphatic heterocycles. The molecule has 0 aliphatic carbocycles. The van der Waals surface area contributed by atoms with Crippen LogP contribution < -0.4 is 0 Å². The van der Waals surface area contributed by atoms with E-state index >= 15 is 0 Å². The first-order chi connectivity index (χ1) is 10.6.